The van der Waals surface area contributed by atoms with Crippen molar-refractivity contribution in [2.45, 2.75) is 25.4 Å². The summed E-state index contributed by atoms with van der Waals surface area (Å²) in [4.78, 5) is 22.6. The highest BCUT2D eigenvalue weighted by molar-refractivity contribution is 5.76. The fraction of sp³-hybridized carbons (Fsp3) is 0.300. The van der Waals surface area contributed by atoms with E-state index in [1.54, 1.807) is 12.4 Å². The van der Waals surface area contributed by atoms with Gasteiger partial charge in [0.15, 0.2) is 0 Å². The first-order valence-electron chi connectivity index (χ1n) is 9.00. The predicted octanol–water partition coefficient (Wildman–Crippen LogP) is 2.74. The van der Waals surface area contributed by atoms with Gasteiger partial charge in [-0.15, -0.1) is 0 Å². The van der Waals surface area contributed by atoms with Crippen LogP contribution < -0.4 is 4.74 Å². The molecular formula is C20H20N4O3. The van der Waals surface area contributed by atoms with Gasteiger partial charge in [0.25, 0.3) is 0 Å². The molecule has 3 heterocycles. The van der Waals surface area contributed by atoms with E-state index in [2.05, 4.69) is 15.1 Å². The SMILES string of the molecule is O=C(CCc1nc(-c2ccncc2)no1)N1CC[C@@H](Oc2ccccc2)C1. The maximum Gasteiger partial charge on any atom is 0.227 e. The van der Waals surface area contributed by atoms with Crippen LogP contribution in [0.25, 0.3) is 11.4 Å². The van der Waals surface area contributed by atoms with Gasteiger partial charge >= 0.3 is 0 Å². The fourth-order valence-electron chi connectivity index (χ4n) is 3.09. The van der Waals surface area contributed by atoms with Crippen LogP contribution in [0.3, 0.4) is 0 Å². The minimum absolute atomic E-state index is 0.0399. The van der Waals surface area contributed by atoms with Crippen LogP contribution in [0.2, 0.25) is 0 Å². The van der Waals surface area contributed by atoms with Crippen LogP contribution in [-0.2, 0) is 11.2 Å². The number of benzene rings is 1. The second-order valence-corrected chi connectivity index (χ2v) is 6.43. The number of aryl methyl sites for hydroxylation is 1. The van der Waals surface area contributed by atoms with Crippen molar-refractivity contribution in [1.29, 1.82) is 0 Å². The first kappa shape index (κ1) is 17.2. The van der Waals surface area contributed by atoms with Gasteiger partial charge < -0.3 is 14.2 Å². The van der Waals surface area contributed by atoms with Crippen molar-refractivity contribution in [3.8, 4) is 17.1 Å². The van der Waals surface area contributed by atoms with Crippen molar-refractivity contribution in [1.82, 2.24) is 20.0 Å². The number of nitrogens with zero attached hydrogens (tertiary/aromatic N) is 4. The Morgan fingerprint density at radius 1 is 1.19 bits per heavy atom. The number of pyridine rings is 1. The number of para-hydroxylation sites is 1. The molecule has 7 nitrogen and oxygen atoms in total. The lowest BCUT2D eigenvalue weighted by Gasteiger charge is -2.17. The van der Waals surface area contributed by atoms with Crippen molar-refractivity contribution < 1.29 is 14.1 Å². The van der Waals surface area contributed by atoms with E-state index in [-0.39, 0.29) is 12.0 Å². The van der Waals surface area contributed by atoms with Gasteiger partial charge in [-0.1, -0.05) is 23.4 Å². The van der Waals surface area contributed by atoms with Crippen LogP contribution in [0.1, 0.15) is 18.7 Å². The van der Waals surface area contributed by atoms with Gasteiger partial charge in [-0.3, -0.25) is 9.78 Å². The van der Waals surface area contributed by atoms with Gasteiger partial charge in [-0.05, 0) is 24.3 Å². The Morgan fingerprint density at radius 3 is 2.81 bits per heavy atom. The highest BCUT2D eigenvalue weighted by Gasteiger charge is 2.27. The Balaban J connectivity index is 1.27. The Labute approximate surface area is 157 Å². The molecule has 0 bridgehead atoms. The normalized spacial score (nSPS) is 16.4. The second kappa shape index (κ2) is 7.99. The van der Waals surface area contributed by atoms with Crippen molar-refractivity contribution in [2.24, 2.45) is 0 Å². The van der Waals surface area contributed by atoms with Crippen LogP contribution in [0.4, 0.5) is 0 Å². The first-order chi connectivity index (χ1) is 13.3. The summed E-state index contributed by atoms with van der Waals surface area (Å²) in [5.74, 6) is 1.90. The molecule has 138 valence electrons. The predicted molar refractivity (Wildman–Crippen MR) is 97.9 cm³/mol. The zero-order valence-electron chi connectivity index (χ0n) is 14.8. The summed E-state index contributed by atoms with van der Waals surface area (Å²) in [7, 11) is 0. The molecule has 0 spiro atoms. The Hall–Kier alpha value is -3.22. The van der Waals surface area contributed by atoms with Crippen molar-refractivity contribution in [3.63, 3.8) is 0 Å². The number of amides is 1. The van der Waals surface area contributed by atoms with E-state index < -0.39 is 0 Å². The summed E-state index contributed by atoms with van der Waals surface area (Å²) in [6, 6.07) is 13.3. The topological polar surface area (TPSA) is 81.3 Å². The molecule has 1 amide bonds. The van der Waals surface area contributed by atoms with E-state index in [0.717, 1.165) is 17.7 Å². The van der Waals surface area contributed by atoms with Crippen molar-refractivity contribution >= 4 is 5.91 Å². The molecule has 1 atom stereocenters. The lowest BCUT2D eigenvalue weighted by atomic mass is 10.2. The number of rotatable bonds is 6. The minimum atomic E-state index is 0.0399. The molecule has 0 saturated carbocycles. The van der Waals surface area contributed by atoms with Crippen LogP contribution in [0.5, 0.6) is 5.75 Å². The molecule has 0 unspecified atom stereocenters. The molecule has 1 saturated heterocycles. The highest BCUT2D eigenvalue weighted by Crippen LogP contribution is 2.19. The summed E-state index contributed by atoms with van der Waals surface area (Å²) in [6.45, 7) is 1.32. The van der Waals surface area contributed by atoms with E-state index in [9.17, 15) is 4.79 Å². The van der Waals surface area contributed by atoms with Gasteiger partial charge in [-0.25, -0.2) is 0 Å². The second-order valence-electron chi connectivity index (χ2n) is 6.43. The monoisotopic (exact) mass is 364 g/mol. The smallest absolute Gasteiger partial charge is 0.227 e. The summed E-state index contributed by atoms with van der Waals surface area (Å²) < 4.78 is 11.2. The number of hydrogen-bond acceptors (Lipinski definition) is 6. The standard InChI is InChI=1S/C20H20N4O3/c25-19(24-13-10-17(14-24)26-16-4-2-1-3-5-16)7-6-18-22-20(23-27-18)15-8-11-21-12-9-15/h1-5,8-9,11-12,17H,6-7,10,13-14H2/t17-/m1/s1. The van der Waals surface area contributed by atoms with E-state index in [4.69, 9.17) is 9.26 Å². The highest BCUT2D eigenvalue weighted by atomic mass is 16.5. The molecule has 7 heteroatoms. The number of aromatic nitrogens is 3. The van der Waals surface area contributed by atoms with Gasteiger partial charge in [0.1, 0.15) is 11.9 Å². The fourth-order valence-corrected chi connectivity index (χ4v) is 3.09. The first-order valence-corrected chi connectivity index (χ1v) is 9.00. The maximum absolute atomic E-state index is 12.5. The van der Waals surface area contributed by atoms with E-state index in [1.165, 1.54) is 0 Å². The molecule has 1 aliphatic rings. The van der Waals surface area contributed by atoms with Crippen molar-refractivity contribution in [2.75, 3.05) is 13.1 Å². The number of hydrogen-bond donors (Lipinski definition) is 0. The quantitative estimate of drug-likeness (QED) is 0.669. The lowest BCUT2D eigenvalue weighted by molar-refractivity contribution is -0.130. The van der Waals surface area contributed by atoms with Crippen LogP contribution in [0.15, 0.2) is 59.4 Å². The Kier molecular flexibility index (Phi) is 5.09. The summed E-state index contributed by atoms with van der Waals surface area (Å²) in [5.41, 5.74) is 0.840. The minimum Gasteiger partial charge on any atom is -0.489 e. The molecule has 2 aromatic heterocycles. The molecule has 0 radical (unpaired) electrons. The molecule has 0 aliphatic carbocycles. The molecule has 0 N–H and O–H groups in total. The zero-order valence-corrected chi connectivity index (χ0v) is 14.8. The number of ether oxygens (including phenoxy) is 1. The van der Waals surface area contributed by atoms with Crippen LogP contribution >= 0.6 is 0 Å². The van der Waals surface area contributed by atoms with E-state index in [0.29, 0.717) is 37.6 Å². The van der Waals surface area contributed by atoms with Crippen LogP contribution in [-0.4, -0.2) is 45.1 Å². The summed E-state index contributed by atoms with van der Waals surface area (Å²) in [5, 5.41) is 3.96. The van der Waals surface area contributed by atoms with E-state index in [1.807, 2.05) is 47.4 Å². The summed E-state index contributed by atoms with van der Waals surface area (Å²) >= 11 is 0. The molecule has 1 fully saturated rings. The van der Waals surface area contributed by atoms with Crippen molar-refractivity contribution in [3.05, 3.63) is 60.7 Å². The lowest BCUT2D eigenvalue weighted by Crippen LogP contribution is -2.31. The number of likely N-dealkylation sites (tertiary alicyclic amines) is 1. The zero-order chi connectivity index (χ0) is 18.5. The third-order valence-corrected chi connectivity index (χ3v) is 4.50. The maximum atomic E-state index is 12.5. The van der Waals surface area contributed by atoms with Gasteiger partial charge in [0, 0.05) is 43.8 Å². The largest absolute Gasteiger partial charge is 0.489 e. The molecule has 1 aliphatic heterocycles. The number of carbonyl (C=O) groups excluding carboxylic acids is 1. The third-order valence-electron chi connectivity index (χ3n) is 4.50. The Bertz CT molecular complexity index is 883. The van der Waals surface area contributed by atoms with Gasteiger partial charge in [-0.2, -0.15) is 4.98 Å². The van der Waals surface area contributed by atoms with Gasteiger partial charge in [0.2, 0.25) is 17.6 Å². The molecular weight excluding hydrogens is 344 g/mol. The summed E-state index contributed by atoms with van der Waals surface area (Å²) in [6.07, 6.45) is 5.01. The van der Waals surface area contributed by atoms with Crippen LogP contribution in [0, 0.1) is 0 Å². The molecule has 27 heavy (non-hydrogen) atoms. The average molecular weight is 364 g/mol. The average Bonchev–Trinajstić information content (AvgIpc) is 3.37. The third kappa shape index (κ3) is 4.31. The molecule has 3 aromatic rings. The molecule has 1 aromatic carbocycles. The van der Waals surface area contributed by atoms with Gasteiger partial charge in [0.05, 0.1) is 6.54 Å². The van der Waals surface area contributed by atoms with E-state index >= 15 is 0 Å². The Morgan fingerprint density at radius 2 is 2.00 bits per heavy atom. The number of carbonyl (C=O) groups is 1. The molecule has 4 rings (SSSR count).